The van der Waals surface area contributed by atoms with Crippen LogP contribution in [0.5, 0.6) is 0 Å². The van der Waals surface area contributed by atoms with E-state index in [-0.39, 0.29) is 17.7 Å². The van der Waals surface area contributed by atoms with E-state index in [1.165, 1.54) is 16.8 Å². The van der Waals surface area contributed by atoms with Gasteiger partial charge in [-0.05, 0) is 24.3 Å². The van der Waals surface area contributed by atoms with Gasteiger partial charge in [0.2, 0.25) is 0 Å². The molecule has 158 valence electrons. The lowest BCUT2D eigenvalue weighted by molar-refractivity contribution is -0.132. The third-order valence-electron chi connectivity index (χ3n) is 4.55. The lowest BCUT2D eigenvalue weighted by Gasteiger charge is -2.08. The largest absolute Gasteiger partial charge is 0.361 e. The predicted molar refractivity (Wildman–Crippen MR) is 104 cm³/mol. The van der Waals surface area contributed by atoms with E-state index >= 15 is 0 Å². The van der Waals surface area contributed by atoms with E-state index in [9.17, 15) is 22.8 Å². The van der Waals surface area contributed by atoms with Gasteiger partial charge in [-0.1, -0.05) is 23.4 Å². The quantitative estimate of drug-likeness (QED) is 0.425. The molecule has 2 aromatic heterocycles. The molecule has 2 aromatic carbocycles. The van der Waals surface area contributed by atoms with Gasteiger partial charge in [-0.3, -0.25) is 20.4 Å². The minimum absolute atomic E-state index is 0.0615. The van der Waals surface area contributed by atoms with E-state index < -0.39 is 24.1 Å². The van der Waals surface area contributed by atoms with Crippen LogP contribution < -0.4 is 10.9 Å². The standard InChI is InChI=1S/C20H15F3N6O2/c21-15-8-11(19(30)26-27-20(31)18(22)23)4-5-12(15)9-29-10-17(25-28-29)13-2-1-3-16-14(13)6-7-24-16/h1-8,10,18,24H,9H2,(H,26,30)(H,27,31). The van der Waals surface area contributed by atoms with Crippen LogP contribution in [-0.4, -0.2) is 38.2 Å². The summed E-state index contributed by atoms with van der Waals surface area (Å²) in [6.45, 7) is 0.0615. The summed E-state index contributed by atoms with van der Waals surface area (Å²) < 4.78 is 40.2. The summed E-state index contributed by atoms with van der Waals surface area (Å²) in [5, 5.41) is 9.17. The molecule has 2 amide bonds. The molecule has 0 spiro atoms. The van der Waals surface area contributed by atoms with Gasteiger partial charge in [0.25, 0.3) is 5.91 Å². The summed E-state index contributed by atoms with van der Waals surface area (Å²) in [6, 6.07) is 11.3. The van der Waals surface area contributed by atoms with E-state index in [1.807, 2.05) is 30.5 Å². The SMILES string of the molecule is O=C(NNC(=O)C(F)F)c1ccc(Cn2cc(-c3cccc4[nH]ccc34)nn2)c(F)c1. The van der Waals surface area contributed by atoms with Crippen molar-refractivity contribution < 1.29 is 22.8 Å². The van der Waals surface area contributed by atoms with Crippen LogP contribution in [0.4, 0.5) is 13.2 Å². The van der Waals surface area contributed by atoms with Crippen molar-refractivity contribution in [1.29, 1.82) is 0 Å². The maximum atomic E-state index is 14.5. The van der Waals surface area contributed by atoms with Crippen LogP contribution in [0.25, 0.3) is 22.2 Å². The summed E-state index contributed by atoms with van der Waals surface area (Å²) in [4.78, 5) is 25.8. The average Bonchev–Trinajstić information content (AvgIpc) is 3.42. The number of amides is 2. The van der Waals surface area contributed by atoms with Crippen LogP contribution in [0, 0.1) is 5.82 Å². The second-order valence-corrected chi connectivity index (χ2v) is 6.60. The fourth-order valence-electron chi connectivity index (χ4n) is 3.04. The van der Waals surface area contributed by atoms with Gasteiger partial charge < -0.3 is 4.98 Å². The third-order valence-corrected chi connectivity index (χ3v) is 4.55. The molecule has 0 radical (unpaired) electrons. The minimum atomic E-state index is -3.28. The van der Waals surface area contributed by atoms with E-state index in [4.69, 9.17) is 0 Å². The van der Waals surface area contributed by atoms with E-state index in [2.05, 4.69) is 15.3 Å². The molecule has 3 N–H and O–H groups in total. The van der Waals surface area contributed by atoms with Gasteiger partial charge in [-0.2, -0.15) is 8.78 Å². The normalized spacial score (nSPS) is 11.1. The minimum Gasteiger partial charge on any atom is -0.361 e. The molecule has 0 aliphatic carbocycles. The predicted octanol–water partition coefficient (Wildman–Crippen LogP) is 2.64. The van der Waals surface area contributed by atoms with Crippen molar-refractivity contribution in [2.24, 2.45) is 0 Å². The Morgan fingerprint density at radius 1 is 1.13 bits per heavy atom. The maximum Gasteiger partial charge on any atom is 0.317 e. The lowest BCUT2D eigenvalue weighted by Crippen LogP contribution is -2.44. The first-order valence-corrected chi connectivity index (χ1v) is 9.06. The van der Waals surface area contributed by atoms with Crippen molar-refractivity contribution in [2.45, 2.75) is 13.0 Å². The van der Waals surface area contributed by atoms with E-state index in [0.29, 0.717) is 5.69 Å². The van der Waals surface area contributed by atoms with Gasteiger partial charge in [0.1, 0.15) is 11.5 Å². The zero-order chi connectivity index (χ0) is 22.0. The Morgan fingerprint density at radius 3 is 2.74 bits per heavy atom. The monoisotopic (exact) mass is 428 g/mol. The molecule has 4 rings (SSSR count). The number of hydrogen-bond donors (Lipinski definition) is 3. The number of nitrogens with zero attached hydrogens (tertiary/aromatic N) is 3. The zero-order valence-corrected chi connectivity index (χ0v) is 15.8. The first-order chi connectivity index (χ1) is 14.9. The van der Waals surface area contributed by atoms with Gasteiger partial charge in [0, 0.05) is 33.8 Å². The summed E-state index contributed by atoms with van der Waals surface area (Å²) in [7, 11) is 0. The highest BCUT2D eigenvalue weighted by Crippen LogP contribution is 2.26. The van der Waals surface area contributed by atoms with Crippen molar-refractivity contribution in [3.63, 3.8) is 0 Å². The van der Waals surface area contributed by atoms with E-state index in [0.717, 1.165) is 22.5 Å². The molecule has 0 saturated carbocycles. The number of carbonyl (C=O) groups excluding carboxylic acids is 2. The molecule has 0 aliphatic heterocycles. The molecule has 11 heteroatoms. The van der Waals surface area contributed by atoms with Crippen molar-refractivity contribution >= 4 is 22.7 Å². The van der Waals surface area contributed by atoms with Crippen molar-refractivity contribution in [3.05, 3.63) is 71.8 Å². The molecule has 2 heterocycles. The molecule has 0 atom stereocenters. The Bertz CT molecular complexity index is 1270. The number of nitrogens with one attached hydrogen (secondary N) is 3. The molecule has 0 bridgehead atoms. The van der Waals surface area contributed by atoms with Gasteiger partial charge in [-0.25, -0.2) is 9.07 Å². The van der Waals surface area contributed by atoms with Crippen LogP contribution in [0.3, 0.4) is 0 Å². The molecule has 0 fully saturated rings. The van der Waals surface area contributed by atoms with Crippen LogP contribution >= 0.6 is 0 Å². The van der Waals surface area contributed by atoms with Crippen LogP contribution in [-0.2, 0) is 11.3 Å². The third kappa shape index (κ3) is 4.25. The number of H-pyrrole nitrogens is 1. The van der Waals surface area contributed by atoms with Crippen molar-refractivity contribution in [3.8, 4) is 11.3 Å². The van der Waals surface area contributed by atoms with Gasteiger partial charge in [0.15, 0.2) is 0 Å². The highest BCUT2D eigenvalue weighted by Gasteiger charge is 2.17. The molecule has 0 saturated heterocycles. The maximum absolute atomic E-state index is 14.5. The molecular formula is C20H15F3N6O2. The van der Waals surface area contributed by atoms with Crippen LogP contribution in [0.1, 0.15) is 15.9 Å². The van der Waals surface area contributed by atoms with Crippen LogP contribution in [0.15, 0.2) is 54.9 Å². The summed E-state index contributed by atoms with van der Waals surface area (Å²) in [6.07, 6.45) is 0.225. The number of rotatable bonds is 5. The van der Waals surface area contributed by atoms with Gasteiger partial charge in [0.05, 0.1) is 12.7 Å². The second-order valence-electron chi connectivity index (χ2n) is 6.60. The first-order valence-electron chi connectivity index (χ1n) is 9.06. The number of halogens is 3. The Kier molecular flexibility index (Phi) is 5.39. The fraction of sp³-hybridized carbons (Fsp3) is 0.100. The topological polar surface area (TPSA) is 105 Å². The summed E-state index contributed by atoms with van der Waals surface area (Å²) in [5.41, 5.74) is 5.89. The highest BCUT2D eigenvalue weighted by atomic mass is 19.3. The number of aromatic amines is 1. The molecule has 0 aliphatic rings. The highest BCUT2D eigenvalue weighted by molar-refractivity contribution is 5.96. The molecule has 8 nitrogen and oxygen atoms in total. The fourth-order valence-corrected chi connectivity index (χ4v) is 3.04. The number of hydrazine groups is 1. The number of aromatic nitrogens is 4. The Labute approximate surface area is 173 Å². The summed E-state index contributed by atoms with van der Waals surface area (Å²) in [5.74, 6) is -3.29. The Morgan fingerprint density at radius 2 is 1.97 bits per heavy atom. The van der Waals surface area contributed by atoms with Crippen molar-refractivity contribution in [1.82, 2.24) is 30.8 Å². The number of fused-ring (bicyclic) bond motifs is 1. The molecule has 0 unspecified atom stereocenters. The lowest BCUT2D eigenvalue weighted by atomic mass is 10.1. The van der Waals surface area contributed by atoms with Gasteiger partial charge >= 0.3 is 12.3 Å². The van der Waals surface area contributed by atoms with Crippen LogP contribution in [0.2, 0.25) is 0 Å². The Balaban J connectivity index is 1.47. The van der Waals surface area contributed by atoms with Gasteiger partial charge in [-0.15, -0.1) is 5.10 Å². The number of alkyl halides is 2. The second kappa shape index (κ2) is 8.30. The summed E-state index contributed by atoms with van der Waals surface area (Å²) >= 11 is 0. The van der Waals surface area contributed by atoms with Crippen molar-refractivity contribution in [2.75, 3.05) is 0 Å². The number of benzene rings is 2. The molecule has 31 heavy (non-hydrogen) atoms. The zero-order valence-electron chi connectivity index (χ0n) is 15.8. The number of hydrogen-bond acceptors (Lipinski definition) is 4. The first kappa shape index (κ1) is 20.1. The smallest absolute Gasteiger partial charge is 0.317 e. The Hall–Kier alpha value is -4.15. The van der Waals surface area contributed by atoms with E-state index in [1.54, 1.807) is 17.0 Å². The average molecular weight is 428 g/mol. The molecular weight excluding hydrogens is 413 g/mol. The number of carbonyl (C=O) groups is 2. The molecule has 4 aromatic rings.